The zero-order valence-electron chi connectivity index (χ0n) is 14.6. The molecule has 3 aromatic heterocycles. The van der Waals surface area contributed by atoms with Crippen molar-refractivity contribution in [3.05, 3.63) is 65.7 Å². The van der Waals surface area contributed by atoms with E-state index in [2.05, 4.69) is 30.1 Å². The number of nitrogens with zero attached hydrogens (tertiary/aromatic N) is 7. The molecule has 0 fully saturated rings. The van der Waals surface area contributed by atoms with E-state index >= 15 is 0 Å². The maximum atomic E-state index is 14.6. The molecule has 4 aromatic rings. The van der Waals surface area contributed by atoms with Crippen molar-refractivity contribution in [1.29, 1.82) is 0 Å². The van der Waals surface area contributed by atoms with Gasteiger partial charge in [0.2, 0.25) is 5.16 Å². The Morgan fingerprint density at radius 3 is 2.61 bits per heavy atom. The van der Waals surface area contributed by atoms with Crippen LogP contribution in [0, 0.1) is 5.82 Å². The average Bonchev–Trinajstić information content (AvgIpc) is 3.14. The summed E-state index contributed by atoms with van der Waals surface area (Å²) >= 11 is 7.09. The molecule has 28 heavy (non-hydrogen) atoms. The summed E-state index contributed by atoms with van der Waals surface area (Å²) in [5.41, 5.74) is 1.64. The van der Waals surface area contributed by atoms with Crippen molar-refractivity contribution in [1.82, 2.24) is 34.7 Å². The molecule has 10 heteroatoms. The second kappa shape index (κ2) is 7.99. The molecule has 0 atom stereocenters. The molecule has 0 N–H and O–H groups in total. The van der Waals surface area contributed by atoms with Crippen LogP contribution in [0.15, 0.2) is 59.4 Å². The van der Waals surface area contributed by atoms with Crippen molar-refractivity contribution in [2.75, 3.05) is 0 Å². The van der Waals surface area contributed by atoms with Gasteiger partial charge in [-0.15, -0.1) is 10.2 Å². The van der Waals surface area contributed by atoms with Crippen LogP contribution >= 0.6 is 23.4 Å². The predicted molar refractivity (Wildman–Crippen MR) is 103 cm³/mol. The molecule has 0 aliphatic carbocycles. The molecule has 0 spiro atoms. The van der Waals surface area contributed by atoms with Crippen LogP contribution in [0.2, 0.25) is 5.02 Å². The molecule has 0 aliphatic rings. The summed E-state index contributed by atoms with van der Waals surface area (Å²) < 4.78 is 16.4. The molecule has 0 aliphatic heterocycles. The van der Waals surface area contributed by atoms with Crippen LogP contribution in [0.1, 0.15) is 12.6 Å². The number of aryl methyl sites for hydroxylation is 1. The van der Waals surface area contributed by atoms with E-state index < -0.39 is 5.82 Å². The standard InChI is InChI=1S/C18H13ClFN7S/c1-2-13-15(20)17(24-10-23-13)28-18-26-25-16(14-9-21-7-8-22-14)27(18)12-5-3-11(19)4-6-12/h3-10H,2H2,1H3. The number of aromatic nitrogens is 7. The third-order valence-corrected chi connectivity index (χ3v) is 5.04. The molecular formula is C18H13ClFN7S. The fraction of sp³-hybridized carbons (Fsp3) is 0.111. The Morgan fingerprint density at radius 1 is 1.07 bits per heavy atom. The molecule has 3 heterocycles. The molecule has 4 rings (SSSR count). The van der Waals surface area contributed by atoms with Crippen LogP contribution in [-0.4, -0.2) is 34.7 Å². The van der Waals surface area contributed by atoms with Gasteiger partial charge in [-0.3, -0.25) is 9.55 Å². The fourth-order valence-corrected chi connectivity index (χ4v) is 3.50. The maximum Gasteiger partial charge on any atom is 0.202 e. The highest BCUT2D eigenvalue weighted by atomic mass is 35.5. The Kier molecular flexibility index (Phi) is 5.27. The van der Waals surface area contributed by atoms with Gasteiger partial charge in [0, 0.05) is 23.1 Å². The Morgan fingerprint density at radius 2 is 1.89 bits per heavy atom. The first kappa shape index (κ1) is 18.5. The van der Waals surface area contributed by atoms with Gasteiger partial charge in [-0.1, -0.05) is 18.5 Å². The average molecular weight is 414 g/mol. The minimum absolute atomic E-state index is 0.181. The number of benzene rings is 1. The number of rotatable bonds is 5. The van der Waals surface area contributed by atoms with Gasteiger partial charge < -0.3 is 0 Å². The van der Waals surface area contributed by atoms with Crippen LogP contribution in [0.25, 0.3) is 17.2 Å². The third-order valence-electron chi connectivity index (χ3n) is 3.86. The molecule has 7 nitrogen and oxygen atoms in total. The lowest BCUT2D eigenvalue weighted by Crippen LogP contribution is -2.02. The Bertz CT molecular complexity index is 1100. The predicted octanol–water partition coefficient (Wildman–Crippen LogP) is 4.02. The minimum Gasteiger partial charge on any atom is -0.268 e. The number of halogens is 2. The summed E-state index contributed by atoms with van der Waals surface area (Å²) in [6, 6.07) is 7.16. The second-order valence-electron chi connectivity index (χ2n) is 5.60. The largest absolute Gasteiger partial charge is 0.268 e. The van der Waals surface area contributed by atoms with Gasteiger partial charge in [-0.05, 0) is 42.4 Å². The molecular weight excluding hydrogens is 401 g/mol. The zero-order valence-corrected chi connectivity index (χ0v) is 16.2. The highest BCUT2D eigenvalue weighted by molar-refractivity contribution is 7.99. The van der Waals surface area contributed by atoms with Gasteiger partial charge in [-0.25, -0.2) is 19.3 Å². The second-order valence-corrected chi connectivity index (χ2v) is 7.00. The molecule has 0 radical (unpaired) electrons. The van der Waals surface area contributed by atoms with Crippen molar-refractivity contribution in [2.45, 2.75) is 23.5 Å². The van der Waals surface area contributed by atoms with E-state index in [4.69, 9.17) is 11.6 Å². The van der Waals surface area contributed by atoms with E-state index in [-0.39, 0.29) is 5.03 Å². The van der Waals surface area contributed by atoms with Gasteiger partial charge in [0.05, 0.1) is 11.9 Å². The summed E-state index contributed by atoms with van der Waals surface area (Å²) in [5.74, 6) is 0.0183. The SMILES string of the molecule is CCc1ncnc(Sc2nnc(-c3cnccn3)n2-c2ccc(Cl)cc2)c1F. The van der Waals surface area contributed by atoms with Crippen LogP contribution in [-0.2, 0) is 6.42 Å². The molecule has 0 amide bonds. The normalized spacial score (nSPS) is 11.0. The zero-order chi connectivity index (χ0) is 19.5. The van der Waals surface area contributed by atoms with Gasteiger partial charge in [-0.2, -0.15) is 0 Å². The van der Waals surface area contributed by atoms with Crippen LogP contribution in [0.3, 0.4) is 0 Å². The van der Waals surface area contributed by atoms with E-state index in [0.29, 0.717) is 33.8 Å². The van der Waals surface area contributed by atoms with Crippen molar-refractivity contribution in [2.24, 2.45) is 0 Å². The molecule has 1 aromatic carbocycles. The first-order valence-electron chi connectivity index (χ1n) is 8.32. The van der Waals surface area contributed by atoms with Crippen LogP contribution in [0.4, 0.5) is 4.39 Å². The smallest absolute Gasteiger partial charge is 0.202 e. The van der Waals surface area contributed by atoms with Crippen LogP contribution in [0.5, 0.6) is 0 Å². The van der Waals surface area contributed by atoms with Gasteiger partial charge in [0.15, 0.2) is 11.6 Å². The van der Waals surface area contributed by atoms with Gasteiger partial charge in [0.1, 0.15) is 17.0 Å². The summed E-state index contributed by atoms with van der Waals surface area (Å²) in [4.78, 5) is 16.4. The summed E-state index contributed by atoms with van der Waals surface area (Å²) in [6.07, 6.45) is 6.55. The van der Waals surface area contributed by atoms with Crippen molar-refractivity contribution in [3.63, 3.8) is 0 Å². The molecule has 0 unspecified atom stereocenters. The monoisotopic (exact) mass is 413 g/mol. The topological polar surface area (TPSA) is 82.3 Å². The van der Waals surface area contributed by atoms with E-state index in [1.165, 1.54) is 6.33 Å². The highest BCUT2D eigenvalue weighted by Gasteiger charge is 2.20. The Hall–Kier alpha value is -2.91. The van der Waals surface area contributed by atoms with E-state index in [1.54, 1.807) is 35.3 Å². The number of hydrogen-bond donors (Lipinski definition) is 0. The quantitative estimate of drug-likeness (QED) is 0.457. The maximum absolute atomic E-state index is 14.6. The first-order chi connectivity index (χ1) is 13.7. The molecule has 140 valence electrons. The van der Waals surface area contributed by atoms with E-state index in [9.17, 15) is 4.39 Å². The first-order valence-corrected chi connectivity index (χ1v) is 9.51. The minimum atomic E-state index is -0.457. The van der Waals surface area contributed by atoms with Crippen molar-refractivity contribution >= 4 is 23.4 Å². The van der Waals surface area contributed by atoms with Gasteiger partial charge in [0.25, 0.3) is 0 Å². The lowest BCUT2D eigenvalue weighted by molar-refractivity contribution is 0.559. The molecule has 0 saturated heterocycles. The summed E-state index contributed by atoms with van der Waals surface area (Å²) in [5, 5.41) is 9.69. The lowest BCUT2D eigenvalue weighted by atomic mass is 10.3. The number of hydrogen-bond acceptors (Lipinski definition) is 7. The third kappa shape index (κ3) is 3.58. The fourth-order valence-electron chi connectivity index (χ4n) is 2.53. The van der Waals surface area contributed by atoms with E-state index in [1.807, 2.05) is 19.1 Å². The Balaban J connectivity index is 1.84. The summed E-state index contributed by atoms with van der Waals surface area (Å²) in [6.45, 7) is 1.84. The molecule has 0 saturated carbocycles. The van der Waals surface area contributed by atoms with Gasteiger partial charge >= 0.3 is 0 Å². The van der Waals surface area contributed by atoms with Crippen molar-refractivity contribution < 1.29 is 4.39 Å². The lowest BCUT2D eigenvalue weighted by Gasteiger charge is -2.10. The Labute approximate surface area is 169 Å². The van der Waals surface area contributed by atoms with E-state index in [0.717, 1.165) is 17.4 Å². The molecule has 0 bridgehead atoms. The highest BCUT2D eigenvalue weighted by Crippen LogP contribution is 2.32. The van der Waals surface area contributed by atoms with Crippen LogP contribution < -0.4 is 0 Å². The summed E-state index contributed by atoms with van der Waals surface area (Å²) in [7, 11) is 0. The van der Waals surface area contributed by atoms with Crippen molar-refractivity contribution in [3.8, 4) is 17.2 Å².